The minimum atomic E-state index is -0.345. The van der Waals surface area contributed by atoms with Gasteiger partial charge in [0, 0.05) is 5.33 Å². The monoisotopic (exact) mass is 418 g/mol. The number of hydrogen-bond donors (Lipinski definition) is 0. The zero-order valence-electron chi connectivity index (χ0n) is 12.9. The molecule has 0 atom stereocenters. The maximum Gasteiger partial charge on any atom is 0.494 e. The van der Waals surface area contributed by atoms with Crippen LogP contribution in [0.5, 0.6) is 5.75 Å². The molecule has 0 aromatic heterocycles. The third kappa shape index (κ3) is 3.84. The van der Waals surface area contributed by atoms with E-state index < -0.39 is 0 Å². The fraction of sp³-hybridized carbons (Fsp3) is 0.600. The van der Waals surface area contributed by atoms with Gasteiger partial charge in [0.15, 0.2) is 0 Å². The SMILES string of the molecule is CC1(C)OB(c2ccc(OCCCBr)c(Br)c2)OC1(C)C. The van der Waals surface area contributed by atoms with Crippen LogP contribution in [0.25, 0.3) is 0 Å². The molecule has 0 aliphatic carbocycles. The molecule has 21 heavy (non-hydrogen) atoms. The van der Waals surface area contributed by atoms with Gasteiger partial charge in [-0.1, -0.05) is 22.0 Å². The van der Waals surface area contributed by atoms with Gasteiger partial charge in [-0.05, 0) is 67.6 Å². The lowest BCUT2D eigenvalue weighted by Crippen LogP contribution is -2.41. The Morgan fingerprint density at radius 1 is 1.14 bits per heavy atom. The molecule has 116 valence electrons. The van der Waals surface area contributed by atoms with E-state index in [-0.39, 0.29) is 18.3 Å². The second-order valence-corrected chi connectivity index (χ2v) is 7.82. The molecule has 3 nitrogen and oxygen atoms in total. The Bertz CT molecular complexity index is 490. The van der Waals surface area contributed by atoms with Gasteiger partial charge < -0.3 is 14.0 Å². The maximum absolute atomic E-state index is 6.05. The van der Waals surface area contributed by atoms with Gasteiger partial charge in [-0.2, -0.15) is 0 Å². The van der Waals surface area contributed by atoms with Crippen molar-refractivity contribution in [3.63, 3.8) is 0 Å². The van der Waals surface area contributed by atoms with Crippen molar-refractivity contribution in [3.05, 3.63) is 22.7 Å². The van der Waals surface area contributed by atoms with Crippen LogP contribution in [-0.4, -0.2) is 30.3 Å². The van der Waals surface area contributed by atoms with Crippen molar-refractivity contribution >= 4 is 44.4 Å². The second kappa shape index (κ2) is 6.61. The van der Waals surface area contributed by atoms with Crippen molar-refractivity contribution in [1.29, 1.82) is 0 Å². The first-order valence-corrected chi connectivity index (χ1v) is 9.02. The Kier molecular flexibility index (Phi) is 5.45. The topological polar surface area (TPSA) is 27.7 Å². The van der Waals surface area contributed by atoms with E-state index in [2.05, 4.69) is 59.6 Å². The normalized spacial score (nSPS) is 19.8. The molecule has 2 rings (SSSR count). The Balaban J connectivity index is 2.11. The fourth-order valence-corrected chi connectivity index (χ4v) is 2.74. The number of hydrogen-bond acceptors (Lipinski definition) is 3. The van der Waals surface area contributed by atoms with Crippen molar-refractivity contribution < 1.29 is 14.0 Å². The fourth-order valence-electron chi connectivity index (χ4n) is 2.00. The van der Waals surface area contributed by atoms with Crippen LogP contribution in [0.4, 0.5) is 0 Å². The summed E-state index contributed by atoms with van der Waals surface area (Å²) >= 11 is 6.95. The Labute approximate surface area is 144 Å². The van der Waals surface area contributed by atoms with E-state index in [0.29, 0.717) is 6.61 Å². The van der Waals surface area contributed by atoms with Crippen molar-refractivity contribution in [2.24, 2.45) is 0 Å². The molecule has 0 bridgehead atoms. The van der Waals surface area contributed by atoms with Crippen LogP contribution in [0.1, 0.15) is 34.1 Å². The minimum absolute atomic E-state index is 0.324. The average Bonchev–Trinajstić information content (AvgIpc) is 2.60. The highest BCUT2D eigenvalue weighted by Crippen LogP contribution is 2.37. The van der Waals surface area contributed by atoms with Crippen LogP contribution in [0.2, 0.25) is 0 Å². The molecule has 0 N–H and O–H groups in total. The molecule has 6 heteroatoms. The molecule has 1 aliphatic heterocycles. The lowest BCUT2D eigenvalue weighted by molar-refractivity contribution is 0.00578. The Morgan fingerprint density at radius 2 is 1.76 bits per heavy atom. The van der Waals surface area contributed by atoms with E-state index in [1.54, 1.807) is 0 Å². The molecule has 1 heterocycles. The summed E-state index contributed by atoms with van der Waals surface area (Å²) in [5, 5.41) is 0.941. The van der Waals surface area contributed by atoms with Gasteiger partial charge in [0.2, 0.25) is 0 Å². The van der Waals surface area contributed by atoms with E-state index in [9.17, 15) is 0 Å². The van der Waals surface area contributed by atoms with Crippen molar-refractivity contribution in [2.45, 2.75) is 45.3 Å². The summed E-state index contributed by atoms with van der Waals surface area (Å²) in [6.45, 7) is 8.92. The van der Waals surface area contributed by atoms with Crippen LogP contribution in [-0.2, 0) is 9.31 Å². The summed E-state index contributed by atoms with van der Waals surface area (Å²) in [5.41, 5.74) is 0.345. The van der Waals surface area contributed by atoms with E-state index >= 15 is 0 Å². The quantitative estimate of drug-likeness (QED) is 0.411. The highest BCUT2D eigenvalue weighted by molar-refractivity contribution is 9.10. The number of ether oxygens (including phenoxy) is 1. The molecule has 1 aromatic rings. The molecule has 0 amide bonds. The van der Waals surface area contributed by atoms with Gasteiger partial charge in [0.1, 0.15) is 5.75 Å². The van der Waals surface area contributed by atoms with Crippen LogP contribution in [0, 0.1) is 0 Å². The van der Waals surface area contributed by atoms with Crippen molar-refractivity contribution in [3.8, 4) is 5.75 Å². The molecule has 0 radical (unpaired) electrons. The first-order chi connectivity index (χ1) is 9.77. The molecule has 1 saturated heterocycles. The molecular formula is C15H21BBr2O3. The number of rotatable bonds is 5. The predicted molar refractivity (Wildman–Crippen MR) is 93.8 cm³/mol. The zero-order valence-corrected chi connectivity index (χ0v) is 16.1. The summed E-state index contributed by atoms with van der Waals surface area (Å²) in [7, 11) is -0.345. The zero-order chi connectivity index (χ0) is 15.7. The highest BCUT2D eigenvalue weighted by Gasteiger charge is 2.51. The summed E-state index contributed by atoms with van der Waals surface area (Å²) in [4.78, 5) is 0. The molecule has 0 spiro atoms. The number of benzene rings is 1. The van der Waals surface area contributed by atoms with Crippen LogP contribution in [0.3, 0.4) is 0 Å². The molecule has 0 unspecified atom stereocenters. The molecule has 1 aliphatic rings. The first-order valence-electron chi connectivity index (χ1n) is 7.11. The van der Waals surface area contributed by atoms with Gasteiger partial charge >= 0.3 is 7.12 Å². The summed E-state index contributed by atoms with van der Waals surface area (Å²) < 4.78 is 18.7. The van der Waals surface area contributed by atoms with Gasteiger partial charge in [0.05, 0.1) is 22.3 Å². The third-order valence-electron chi connectivity index (χ3n) is 4.02. The first kappa shape index (κ1) is 17.3. The minimum Gasteiger partial charge on any atom is -0.492 e. The number of halogens is 2. The highest BCUT2D eigenvalue weighted by atomic mass is 79.9. The van der Waals surface area contributed by atoms with Gasteiger partial charge in [-0.3, -0.25) is 0 Å². The van der Waals surface area contributed by atoms with E-state index in [1.165, 1.54) is 0 Å². The molecule has 0 saturated carbocycles. The molecule has 1 fully saturated rings. The largest absolute Gasteiger partial charge is 0.494 e. The van der Waals surface area contributed by atoms with Crippen molar-refractivity contribution in [2.75, 3.05) is 11.9 Å². The standard InChI is InChI=1S/C15H21BBr2O3/c1-14(2)15(3,4)21-16(20-14)11-6-7-13(12(18)10-11)19-9-5-8-17/h6-7,10H,5,8-9H2,1-4H3. The second-order valence-electron chi connectivity index (χ2n) is 6.17. The number of alkyl halides is 1. The van der Waals surface area contributed by atoms with Crippen molar-refractivity contribution in [1.82, 2.24) is 0 Å². The lowest BCUT2D eigenvalue weighted by Gasteiger charge is -2.32. The molecular weight excluding hydrogens is 399 g/mol. The van der Waals surface area contributed by atoms with E-state index in [4.69, 9.17) is 14.0 Å². The van der Waals surface area contributed by atoms with Crippen LogP contribution < -0.4 is 10.2 Å². The maximum atomic E-state index is 6.05. The third-order valence-corrected chi connectivity index (χ3v) is 5.20. The smallest absolute Gasteiger partial charge is 0.492 e. The Hall–Kier alpha value is -0.0351. The Morgan fingerprint density at radius 3 is 2.29 bits per heavy atom. The van der Waals surface area contributed by atoms with Gasteiger partial charge in [-0.15, -0.1) is 0 Å². The summed E-state index contributed by atoms with van der Waals surface area (Å²) in [6, 6.07) is 5.96. The van der Waals surface area contributed by atoms with Gasteiger partial charge in [-0.25, -0.2) is 0 Å². The van der Waals surface area contributed by atoms with Crippen LogP contribution in [0.15, 0.2) is 22.7 Å². The van der Waals surface area contributed by atoms with Gasteiger partial charge in [0.25, 0.3) is 0 Å². The summed E-state index contributed by atoms with van der Waals surface area (Å²) in [6.07, 6.45) is 0.978. The van der Waals surface area contributed by atoms with Crippen LogP contribution >= 0.6 is 31.9 Å². The summed E-state index contributed by atoms with van der Waals surface area (Å²) in [5.74, 6) is 0.844. The van der Waals surface area contributed by atoms with E-state index in [1.807, 2.05) is 18.2 Å². The average molecular weight is 420 g/mol. The predicted octanol–water partition coefficient (Wildman–Crippen LogP) is 3.91. The lowest BCUT2D eigenvalue weighted by atomic mass is 9.79. The molecule has 1 aromatic carbocycles. The van der Waals surface area contributed by atoms with E-state index in [0.717, 1.165) is 27.4 Å².